The Morgan fingerprint density at radius 3 is 2.56 bits per heavy atom. The molecule has 0 saturated carbocycles. The van der Waals surface area contributed by atoms with Crippen LogP contribution in [0.4, 0.5) is 11.4 Å². The topological polar surface area (TPSA) is 142 Å². The van der Waals surface area contributed by atoms with Crippen molar-refractivity contribution in [2.75, 3.05) is 12.4 Å². The number of aromatic amines is 1. The Balaban J connectivity index is 1.41. The highest BCUT2D eigenvalue weighted by Crippen LogP contribution is 2.31. The Bertz CT molecular complexity index is 1770. The summed E-state index contributed by atoms with van der Waals surface area (Å²) in [5.74, 6) is -0.431. The number of phenolic OH excluding ortho intramolecular Hbond substituents is 1. The van der Waals surface area contributed by atoms with E-state index in [9.17, 15) is 19.8 Å². The number of aromatic hydroxyl groups is 2. The van der Waals surface area contributed by atoms with Gasteiger partial charge in [-0.1, -0.05) is 12.1 Å². The zero-order chi connectivity index (χ0) is 27.7. The Labute approximate surface area is 223 Å². The van der Waals surface area contributed by atoms with Crippen molar-refractivity contribution in [3.8, 4) is 17.4 Å². The molecule has 0 aliphatic heterocycles. The Morgan fingerprint density at radius 2 is 1.85 bits per heavy atom. The van der Waals surface area contributed by atoms with Crippen LogP contribution >= 0.6 is 0 Å². The number of rotatable bonds is 7. The number of carbonyl (C=O) groups excluding carboxylic acids is 2. The lowest BCUT2D eigenvalue weighted by atomic mass is 10.0. The van der Waals surface area contributed by atoms with Crippen molar-refractivity contribution in [3.05, 3.63) is 94.8 Å². The van der Waals surface area contributed by atoms with E-state index in [1.54, 1.807) is 74.6 Å². The highest BCUT2D eigenvalue weighted by atomic mass is 16.5. The zero-order valence-corrected chi connectivity index (χ0v) is 21.4. The molecular formula is C29H25N5O5. The van der Waals surface area contributed by atoms with Crippen LogP contribution in [0.1, 0.15) is 37.7 Å². The number of carbonyl (C=O) groups is 2. The second-order valence-electron chi connectivity index (χ2n) is 8.92. The minimum Gasteiger partial charge on any atom is -0.504 e. The number of phenols is 1. The molecular weight excluding hydrogens is 498 g/mol. The molecule has 2 aromatic heterocycles. The minimum absolute atomic E-state index is 0.0583. The van der Waals surface area contributed by atoms with Gasteiger partial charge in [0.15, 0.2) is 23.2 Å². The summed E-state index contributed by atoms with van der Waals surface area (Å²) in [5, 5.41) is 28.1. The molecule has 0 unspecified atom stereocenters. The number of ketones is 1. The van der Waals surface area contributed by atoms with E-state index in [1.807, 2.05) is 0 Å². The first-order valence-corrected chi connectivity index (χ1v) is 12.0. The number of aromatic nitrogens is 3. The van der Waals surface area contributed by atoms with Gasteiger partial charge in [-0.2, -0.15) is 5.10 Å². The summed E-state index contributed by atoms with van der Waals surface area (Å²) in [6.45, 7) is 1.80. The third-order valence-electron chi connectivity index (χ3n) is 6.20. The number of hydrogen-bond acceptors (Lipinski definition) is 7. The number of nitrogens with zero attached hydrogens (tertiary/aromatic N) is 3. The van der Waals surface area contributed by atoms with Crippen molar-refractivity contribution in [1.82, 2.24) is 14.8 Å². The molecule has 3 aromatic carbocycles. The van der Waals surface area contributed by atoms with Gasteiger partial charge in [-0.05, 0) is 55.5 Å². The molecule has 0 aliphatic rings. The third-order valence-corrected chi connectivity index (χ3v) is 6.20. The van der Waals surface area contributed by atoms with Gasteiger partial charge in [0, 0.05) is 47.0 Å². The van der Waals surface area contributed by atoms with E-state index in [0.717, 1.165) is 5.69 Å². The van der Waals surface area contributed by atoms with E-state index in [-0.39, 0.29) is 23.3 Å². The van der Waals surface area contributed by atoms with Crippen LogP contribution in [0.2, 0.25) is 0 Å². The van der Waals surface area contributed by atoms with Crippen molar-refractivity contribution in [3.63, 3.8) is 0 Å². The summed E-state index contributed by atoms with van der Waals surface area (Å²) in [5.41, 5.74) is 3.85. The molecule has 0 atom stereocenters. The van der Waals surface area contributed by atoms with Crippen LogP contribution in [-0.2, 0) is 7.05 Å². The highest BCUT2D eigenvalue weighted by molar-refractivity contribution is 6.13. The smallest absolute Gasteiger partial charge is 0.273 e. The molecule has 0 aliphatic carbocycles. The first kappa shape index (κ1) is 25.3. The van der Waals surface area contributed by atoms with Crippen molar-refractivity contribution >= 4 is 40.2 Å². The minimum atomic E-state index is -0.332. The number of methoxy groups -OCH3 is 1. The van der Waals surface area contributed by atoms with Gasteiger partial charge in [-0.3, -0.25) is 19.3 Å². The van der Waals surface area contributed by atoms with E-state index in [2.05, 4.69) is 20.4 Å². The molecule has 0 fully saturated rings. The number of aliphatic imine (C=N–C) groups is 1. The van der Waals surface area contributed by atoms with Gasteiger partial charge in [0.1, 0.15) is 5.69 Å². The number of fused-ring (bicyclic) bond motifs is 1. The summed E-state index contributed by atoms with van der Waals surface area (Å²) in [6.07, 6.45) is 1.46. The largest absolute Gasteiger partial charge is 0.504 e. The van der Waals surface area contributed by atoms with E-state index in [1.165, 1.54) is 24.1 Å². The molecule has 5 aromatic rings. The summed E-state index contributed by atoms with van der Waals surface area (Å²) < 4.78 is 6.55. The van der Waals surface area contributed by atoms with E-state index in [4.69, 9.17) is 4.74 Å². The molecule has 0 radical (unpaired) electrons. The van der Waals surface area contributed by atoms with Crippen LogP contribution in [0.5, 0.6) is 17.4 Å². The van der Waals surface area contributed by atoms with Crippen LogP contribution in [0.15, 0.2) is 71.7 Å². The van der Waals surface area contributed by atoms with Crippen LogP contribution in [0.25, 0.3) is 10.9 Å². The lowest BCUT2D eigenvalue weighted by molar-refractivity contribution is 0.101. The average Bonchev–Trinajstić information content (AvgIpc) is 3.43. The molecule has 2 heterocycles. The molecule has 10 nitrogen and oxygen atoms in total. The summed E-state index contributed by atoms with van der Waals surface area (Å²) in [6, 6.07) is 18.1. The standard InChI is InChI=1S/C29H25N5O5/c1-16-11-24(34(2)33-16)29(38)31-20-6-4-5-17(12-20)27(36)18-7-9-23-21(13-18)22(28(37)32-23)15-30-19-8-10-26(39-3)25(35)14-19/h4-15,32,35,37H,1-3H3,(H,31,38). The predicted octanol–water partition coefficient (Wildman–Crippen LogP) is 4.86. The summed E-state index contributed by atoms with van der Waals surface area (Å²) in [7, 11) is 3.15. The molecule has 5 rings (SSSR count). The second kappa shape index (κ2) is 10.2. The van der Waals surface area contributed by atoms with Gasteiger partial charge in [0.25, 0.3) is 5.91 Å². The van der Waals surface area contributed by atoms with Gasteiger partial charge in [-0.25, -0.2) is 0 Å². The summed E-state index contributed by atoms with van der Waals surface area (Å²) >= 11 is 0. The van der Waals surface area contributed by atoms with Crippen molar-refractivity contribution in [1.29, 1.82) is 0 Å². The molecule has 10 heteroatoms. The Morgan fingerprint density at radius 1 is 1.05 bits per heavy atom. The summed E-state index contributed by atoms with van der Waals surface area (Å²) in [4.78, 5) is 33.3. The predicted molar refractivity (Wildman–Crippen MR) is 148 cm³/mol. The lowest BCUT2D eigenvalue weighted by Crippen LogP contribution is -2.16. The molecule has 39 heavy (non-hydrogen) atoms. The SMILES string of the molecule is COc1ccc(N=Cc2c(O)[nH]c3ccc(C(=O)c4cccc(NC(=O)c5cc(C)nn5C)c4)cc23)cc1O. The Kier molecular flexibility index (Phi) is 6.59. The molecule has 0 saturated heterocycles. The number of ether oxygens (including phenoxy) is 1. The van der Waals surface area contributed by atoms with E-state index >= 15 is 0 Å². The molecule has 196 valence electrons. The number of amides is 1. The van der Waals surface area contributed by atoms with E-state index < -0.39 is 0 Å². The maximum Gasteiger partial charge on any atom is 0.273 e. The zero-order valence-electron chi connectivity index (χ0n) is 21.4. The molecule has 0 bridgehead atoms. The van der Waals surface area contributed by atoms with Crippen molar-refractivity contribution in [2.24, 2.45) is 12.0 Å². The Hall–Kier alpha value is -5.38. The maximum atomic E-state index is 13.4. The second-order valence-corrected chi connectivity index (χ2v) is 8.92. The molecule has 1 amide bonds. The van der Waals surface area contributed by atoms with Crippen LogP contribution < -0.4 is 10.1 Å². The first-order chi connectivity index (χ1) is 18.7. The fraction of sp³-hybridized carbons (Fsp3) is 0.103. The number of hydrogen-bond donors (Lipinski definition) is 4. The molecule has 4 N–H and O–H groups in total. The highest BCUT2D eigenvalue weighted by Gasteiger charge is 2.16. The van der Waals surface area contributed by atoms with Crippen LogP contribution in [0.3, 0.4) is 0 Å². The van der Waals surface area contributed by atoms with Crippen molar-refractivity contribution in [2.45, 2.75) is 6.92 Å². The third kappa shape index (κ3) is 5.08. The number of benzene rings is 3. The van der Waals surface area contributed by atoms with Crippen LogP contribution in [-0.4, -0.2) is 50.0 Å². The number of H-pyrrole nitrogens is 1. The quantitative estimate of drug-likeness (QED) is 0.177. The fourth-order valence-corrected chi connectivity index (χ4v) is 4.29. The van der Waals surface area contributed by atoms with Gasteiger partial charge in [0.2, 0.25) is 0 Å². The molecule has 0 spiro atoms. The number of anilines is 1. The fourth-order valence-electron chi connectivity index (χ4n) is 4.29. The van der Waals surface area contributed by atoms with Crippen molar-refractivity contribution < 1.29 is 24.5 Å². The lowest BCUT2D eigenvalue weighted by Gasteiger charge is -2.08. The van der Waals surface area contributed by atoms with E-state index in [0.29, 0.717) is 50.4 Å². The number of aryl methyl sites for hydroxylation is 2. The maximum absolute atomic E-state index is 13.4. The first-order valence-electron chi connectivity index (χ1n) is 12.0. The van der Waals surface area contributed by atoms with Gasteiger partial charge < -0.3 is 25.3 Å². The normalized spacial score (nSPS) is 11.3. The average molecular weight is 524 g/mol. The van der Waals surface area contributed by atoms with Crippen LogP contribution in [0, 0.1) is 6.92 Å². The van der Waals surface area contributed by atoms with Gasteiger partial charge in [0.05, 0.1) is 24.1 Å². The monoisotopic (exact) mass is 523 g/mol. The van der Waals surface area contributed by atoms with Gasteiger partial charge >= 0.3 is 0 Å². The van der Waals surface area contributed by atoms with Gasteiger partial charge in [-0.15, -0.1) is 0 Å². The number of nitrogens with one attached hydrogen (secondary N) is 2.